The van der Waals surface area contributed by atoms with Gasteiger partial charge in [0.05, 0.1) is 41.0 Å². The van der Waals surface area contributed by atoms with Crippen molar-refractivity contribution in [2.24, 2.45) is 0 Å². The second-order valence-corrected chi connectivity index (χ2v) is 9.41. The van der Waals surface area contributed by atoms with Crippen molar-refractivity contribution in [2.75, 3.05) is 24.8 Å². The van der Waals surface area contributed by atoms with E-state index < -0.39 is 11.9 Å². The molecule has 37 heavy (non-hydrogen) atoms. The van der Waals surface area contributed by atoms with Crippen molar-refractivity contribution >= 4 is 29.3 Å². The van der Waals surface area contributed by atoms with Crippen LogP contribution in [0, 0.1) is 25.2 Å². The highest BCUT2D eigenvalue weighted by molar-refractivity contribution is 8.03. The highest BCUT2D eigenvalue weighted by Crippen LogP contribution is 2.43. The quantitative estimate of drug-likeness (QED) is 0.319. The summed E-state index contributed by atoms with van der Waals surface area (Å²) in [4.78, 5) is 25.8. The van der Waals surface area contributed by atoms with Gasteiger partial charge in [0.25, 0.3) is 0 Å². The lowest BCUT2D eigenvalue weighted by atomic mass is 9.82. The molecule has 1 heterocycles. The van der Waals surface area contributed by atoms with Crippen molar-refractivity contribution in [1.29, 1.82) is 5.26 Å². The Morgan fingerprint density at radius 3 is 2.68 bits per heavy atom. The molecule has 3 N–H and O–H groups in total. The number of amides is 1. The smallest absolute Gasteiger partial charge is 0.337 e. The number of aryl methyl sites for hydroxylation is 2. The second-order valence-electron chi connectivity index (χ2n) is 8.42. The molecule has 0 unspecified atom stereocenters. The topological polar surface area (TPSA) is 121 Å². The zero-order valence-corrected chi connectivity index (χ0v) is 22.0. The number of phenols is 1. The van der Waals surface area contributed by atoms with E-state index in [1.807, 2.05) is 32.0 Å². The van der Waals surface area contributed by atoms with Gasteiger partial charge in [-0.15, -0.1) is 0 Å². The number of carbonyl (C=O) groups is 2. The molecule has 0 saturated carbocycles. The van der Waals surface area contributed by atoms with Gasteiger partial charge in [0.2, 0.25) is 5.91 Å². The Labute approximate surface area is 220 Å². The van der Waals surface area contributed by atoms with Crippen LogP contribution in [0.3, 0.4) is 0 Å². The first kappa shape index (κ1) is 27.4. The Bertz CT molecular complexity index is 1340. The number of benzene rings is 2. The lowest BCUT2D eigenvalue weighted by Crippen LogP contribution is -2.29. The summed E-state index contributed by atoms with van der Waals surface area (Å²) in [6.45, 7) is 9.15. The lowest BCUT2D eigenvalue weighted by molar-refractivity contribution is -0.138. The summed E-state index contributed by atoms with van der Waals surface area (Å²) in [7, 11) is 1.42. The minimum atomic E-state index is -0.803. The largest absolute Gasteiger partial charge is 0.504 e. The van der Waals surface area contributed by atoms with Gasteiger partial charge in [-0.2, -0.15) is 5.26 Å². The standard InChI is InChI=1S/C28H29N3O5S/c1-6-11-36-28(34)25-18(4)30-27(37-15-24(33)31-21-12-16(2)7-8-17(21)3)20(14-29)26(25)19-9-10-22(32)23(13-19)35-5/h6-10,12-13,26,30,32H,1,11,15H2,2-5H3,(H,31,33)/t26-/m0/s1. The van der Waals surface area contributed by atoms with Crippen molar-refractivity contribution in [3.05, 3.63) is 87.6 Å². The number of aromatic hydroxyl groups is 1. The number of nitrogens with one attached hydrogen (secondary N) is 2. The third-order valence-corrected chi connectivity index (χ3v) is 6.77. The highest BCUT2D eigenvalue weighted by Gasteiger charge is 2.36. The van der Waals surface area contributed by atoms with Crippen LogP contribution in [-0.4, -0.2) is 36.5 Å². The number of thioether (sulfide) groups is 1. The maximum absolute atomic E-state index is 13.0. The summed E-state index contributed by atoms with van der Waals surface area (Å²) in [6, 6.07) is 12.7. The molecular formula is C28H29N3O5S. The van der Waals surface area contributed by atoms with Gasteiger partial charge in [-0.3, -0.25) is 4.79 Å². The first-order valence-corrected chi connectivity index (χ1v) is 12.5. The van der Waals surface area contributed by atoms with E-state index in [0.29, 0.717) is 16.3 Å². The highest BCUT2D eigenvalue weighted by atomic mass is 32.2. The Hall–Kier alpha value is -4.16. The third kappa shape index (κ3) is 6.35. The normalized spacial score (nSPS) is 14.9. The first-order chi connectivity index (χ1) is 17.7. The third-order valence-electron chi connectivity index (χ3n) is 5.75. The number of esters is 1. The van der Waals surface area contributed by atoms with Gasteiger partial charge in [0.15, 0.2) is 11.5 Å². The molecule has 8 nitrogen and oxygen atoms in total. The maximum Gasteiger partial charge on any atom is 0.337 e. The summed E-state index contributed by atoms with van der Waals surface area (Å²) in [5.74, 6) is -1.47. The summed E-state index contributed by atoms with van der Waals surface area (Å²) < 4.78 is 10.6. The molecule has 0 aliphatic carbocycles. The number of allylic oxidation sites excluding steroid dienone is 2. The van der Waals surface area contributed by atoms with Crippen LogP contribution < -0.4 is 15.4 Å². The average molecular weight is 520 g/mol. The van der Waals surface area contributed by atoms with Crippen LogP contribution in [0.5, 0.6) is 11.5 Å². The number of methoxy groups -OCH3 is 1. The fourth-order valence-corrected chi connectivity index (χ4v) is 4.80. The number of carbonyl (C=O) groups excluding carboxylic acids is 2. The molecule has 0 bridgehead atoms. The minimum absolute atomic E-state index is 0.00693. The predicted octanol–water partition coefficient (Wildman–Crippen LogP) is 4.81. The molecular weight excluding hydrogens is 490 g/mol. The Morgan fingerprint density at radius 1 is 1.24 bits per heavy atom. The van der Waals surface area contributed by atoms with Gasteiger partial charge in [-0.25, -0.2) is 4.79 Å². The fraction of sp³-hybridized carbons (Fsp3) is 0.250. The molecule has 0 saturated heterocycles. The van der Waals surface area contributed by atoms with Gasteiger partial charge in [-0.1, -0.05) is 42.6 Å². The Balaban J connectivity index is 1.96. The van der Waals surface area contributed by atoms with Gasteiger partial charge in [0, 0.05) is 11.4 Å². The molecule has 0 aromatic heterocycles. The van der Waals surface area contributed by atoms with E-state index in [-0.39, 0.29) is 40.9 Å². The number of nitriles is 1. The van der Waals surface area contributed by atoms with Crippen LogP contribution >= 0.6 is 11.8 Å². The number of anilines is 1. The average Bonchev–Trinajstić information content (AvgIpc) is 2.88. The van der Waals surface area contributed by atoms with Gasteiger partial charge < -0.3 is 25.2 Å². The van der Waals surface area contributed by atoms with Crippen LogP contribution in [0.25, 0.3) is 0 Å². The van der Waals surface area contributed by atoms with E-state index in [0.717, 1.165) is 16.8 Å². The molecule has 0 fully saturated rings. The van der Waals surface area contributed by atoms with Crippen molar-refractivity contribution < 1.29 is 24.2 Å². The first-order valence-electron chi connectivity index (χ1n) is 11.5. The number of rotatable bonds is 9. The Morgan fingerprint density at radius 2 is 2.00 bits per heavy atom. The second kappa shape index (κ2) is 12.2. The van der Waals surface area contributed by atoms with E-state index >= 15 is 0 Å². The predicted molar refractivity (Wildman–Crippen MR) is 144 cm³/mol. The van der Waals surface area contributed by atoms with Crippen molar-refractivity contribution in [3.8, 4) is 17.6 Å². The molecule has 192 valence electrons. The molecule has 0 spiro atoms. The van der Waals surface area contributed by atoms with E-state index in [1.54, 1.807) is 19.1 Å². The van der Waals surface area contributed by atoms with Gasteiger partial charge >= 0.3 is 5.97 Å². The molecule has 9 heteroatoms. The number of phenolic OH excluding ortho intramolecular Hbond substituents is 1. The summed E-state index contributed by atoms with van der Waals surface area (Å²) in [5.41, 5.74) is 4.23. The summed E-state index contributed by atoms with van der Waals surface area (Å²) in [6.07, 6.45) is 1.46. The molecule has 2 aromatic carbocycles. The number of ether oxygens (including phenoxy) is 2. The van der Waals surface area contributed by atoms with Crippen LogP contribution in [0.1, 0.15) is 29.5 Å². The van der Waals surface area contributed by atoms with Gasteiger partial charge in [-0.05, 0) is 55.7 Å². The zero-order valence-electron chi connectivity index (χ0n) is 21.2. The van der Waals surface area contributed by atoms with Crippen molar-refractivity contribution in [3.63, 3.8) is 0 Å². The van der Waals surface area contributed by atoms with Crippen LogP contribution in [0.2, 0.25) is 0 Å². The van der Waals surface area contributed by atoms with Crippen LogP contribution in [0.4, 0.5) is 5.69 Å². The maximum atomic E-state index is 13.0. The Kier molecular flexibility index (Phi) is 9.04. The van der Waals surface area contributed by atoms with Crippen molar-refractivity contribution in [1.82, 2.24) is 5.32 Å². The molecule has 1 amide bonds. The molecule has 3 rings (SSSR count). The van der Waals surface area contributed by atoms with Gasteiger partial charge in [0.1, 0.15) is 6.61 Å². The number of dihydropyridines is 1. The molecule has 1 aliphatic heterocycles. The van der Waals surface area contributed by atoms with E-state index in [1.165, 1.54) is 31.0 Å². The molecule has 1 aliphatic rings. The minimum Gasteiger partial charge on any atom is -0.504 e. The molecule has 1 atom stereocenters. The zero-order chi connectivity index (χ0) is 27.1. The molecule has 0 radical (unpaired) electrons. The number of hydrogen-bond acceptors (Lipinski definition) is 8. The number of nitrogens with zero attached hydrogens (tertiary/aromatic N) is 1. The van der Waals surface area contributed by atoms with Crippen molar-refractivity contribution in [2.45, 2.75) is 26.7 Å². The summed E-state index contributed by atoms with van der Waals surface area (Å²) in [5, 5.41) is 26.7. The van der Waals surface area contributed by atoms with E-state index in [9.17, 15) is 20.0 Å². The van der Waals surface area contributed by atoms with E-state index in [2.05, 4.69) is 23.3 Å². The lowest BCUT2D eigenvalue weighted by Gasteiger charge is -2.29. The van der Waals surface area contributed by atoms with Crippen LogP contribution in [0.15, 0.2) is 70.9 Å². The fourth-order valence-electron chi connectivity index (χ4n) is 3.91. The molecule has 2 aromatic rings. The van der Waals surface area contributed by atoms with Crippen LogP contribution in [-0.2, 0) is 14.3 Å². The number of hydrogen-bond donors (Lipinski definition) is 3. The SMILES string of the molecule is C=CCOC(=O)C1=C(C)NC(SCC(=O)Nc2cc(C)ccc2C)=C(C#N)[C@@H]1c1ccc(O)c(OC)c1. The summed E-state index contributed by atoms with van der Waals surface area (Å²) >= 11 is 1.17. The van der Waals surface area contributed by atoms with E-state index in [4.69, 9.17) is 9.47 Å². The monoisotopic (exact) mass is 519 g/mol.